The van der Waals surface area contributed by atoms with Crippen molar-refractivity contribution in [1.82, 2.24) is 30.7 Å². The van der Waals surface area contributed by atoms with Crippen LogP contribution in [0.3, 0.4) is 0 Å². The predicted octanol–water partition coefficient (Wildman–Crippen LogP) is 4.74. The number of alkyl carbamates (subject to hydrolysis) is 1. The second-order valence-electron chi connectivity index (χ2n) is 9.20. The summed E-state index contributed by atoms with van der Waals surface area (Å²) in [4.78, 5) is 42.1. The molecule has 0 aliphatic rings. The van der Waals surface area contributed by atoms with Crippen LogP contribution in [0.25, 0.3) is 11.5 Å². The number of Topliss-reactive ketones (excluding diaryl/α,β-unsaturated/α-hetero) is 1. The van der Waals surface area contributed by atoms with Crippen molar-refractivity contribution in [2.45, 2.75) is 59.1 Å². The van der Waals surface area contributed by atoms with Crippen LogP contribution in [0.5, 0.6) is 0 Å². The van der Waals surface area contributed by atoms with Gasteiger partial charge in [-0.15, -0.1) is 10.2 Å². The highest BCUT2D eigenvalue weighted by Gasteiger charge is 2.36. The van der Waals surface area contributed by atoms with Crippen LogP contribution in [0.2, 0.25) is 10.3 Å². The maximum absolute atomic E-state index is 12.9. The highest BCUT2D eigenvalue weighted by Crippen LogP contribution is 2.37. The Labute approximate surface area is 222 Å². The van der Waals surface area contributed by atoms with Crippen LogP contribution in [0, 0.1) is 5.41 Å². The van der Waals surface area contributed by atoms with Gasteiger partial charge in [0.25, 0.3) is 17.7 Å². The van der Waals surface area contributed by atoms with Gasteiger partial charge in [0.15, 0.2) is 6.10 Å². The molecule has 0 spiro atoms. The minimum atomic E-state index is -1.10. The Balaban J connectivity index is 1.75. The van der Waals surface area contributed by atoms with E-state index >= 15 is 0 Å². The summed E-state index contributed by atoms with van der Waals surface area (Å²) in [5.41, 5.74) is -0.320. The van der Waals surface area contributed by atoms with E-state index in [2.05, 4.69) is 36.0 Å². The first-order valence-electron chi connectivity index (χ1n) is 11.5. The fourth-order valence-electron chi connectivity index (χ4n) is 3.25. The first-order chi connectivity index (χ1) is 17.5. The van der Waals surface area contributed by atoms with E-state index in [1.54, 1.807) is 6.07 Å². The highest BCUT2D eigenvalue weighted by molar-refractivity contribution is 6.42. The molecule has 198 valence electrons. The van der Waals surface area contributed by atoms with E-state index in [4.69, 9.17) is 32.4 Å². The van der Waals surface area contributed by atoms with Crippen molar-refractivity contribution in [3.8, 4) is 11.5 Å². The maximum Gasteiger partial charge on any atom is 0.408 e. The number of unbranched alkanes of at least 4 members (excludes halogenated alkanes) is 1. The Kier molecular flexibility index (Phi) is 9.22. The Morgan fingerprint density at radius 1 is 1.16 bits per heavy atom. The molecule has 0 saturated heterocycles. The summed E-state index contributed by atoms with van der Waals surface area (Å²) >= 11 is 12.0. The van der Waals surface area contributed by atoms with Crippen molar-refractivity contribution in [1.29, 1.82) is 0 Å². The number of nitrogens with zero attached hydrogens (tertiary/aromatic N) is 4. The molecule has 3 heterocycles. The number of hydrogen-bond acceptors (Lipinski definition) is 9. The van der Waals surface area contributed by atoms with E-state index in [0.717, 1.165) is 6.42 Å². The van der Waals surface area contributed by atoms with Crippen LogP contribution in [0.15, 0.2) is 28.8 Å². The van der Waals surface area contributed by atoms with Crippen molar-refractivity contribution in [3.63, 3.8) is 0 Å². The lowest BCUT2D eigenvalue weighted by atomic mass is 9.89. The minimum absolute atomic E-state index is 0.0112. The quantitative estimate of drug-likeness (QED) is 0.238. The molecule has 0 bridgehead atoms. The number of H-pyrrole nitrogens is 1. The third-order valence-corrected chi connectivity index (χ3v) is 5.65. The zero-order valence-electron chi connectivity index (χ0n) is 20.7. The van der Waals surface area contributed by atoms with E-state index in [0.29, 0.717) is 12.0 Å². The predicted molar refractivity (Wildman–Crippen MR) is 135 cm³/mol. The second-order valence-corrected chi connectivity index (χ2v) is 9.94. The number of anilines is 1. The van der Waals surface area contributed by atoms with Crippen LogP contribution in [-0.2, 0) is 14.3 Å². The molecule has 0 fully saturated rings. The van der Waals surface area contributed by atoms with E-state index in [1.165, 1.54) is 18.3 Å². The number of hydrogen-bond donors (Lipinski definition) is 3. The molecule has 2 amide bonds. The molecule has 3 rings (SSSR count). The number of halogens is 2. The average molecular weight is 552 g/mol. The number of amides is 2. The summed E-state index contributed by atoms with van der Waals surface area (Å²) in [6, 6.07) is 3.49. The van der Waals surface area contributed by atoms with E-state index < -0.39 is 35.3 Å². The van der Waals surface area contributed by atoms with Crippen LogP contribution in [0.4, 0.5) is 10.6 Å². The second kappa shape index (κ2) is 12.2. The van der Waals surface area contributed by atoms with Gasteiger partial charge in [0.05, 0.1) is 11.8 Å². The number of nitrogens with one attached hydrogen (secondary N) is 3. The van der Waals surface area contributed by atoms with Crippen LogP contribution >= 0.6 is 23.2 Å². The fraction of sp³-hybridized carbons (Fsp3) is 0.435. The van der Waals surface area contributed by atoms with Gasteiger partial charge in [-0.25, -0.2) is 9.78 Å². The number of aromatic amines is 1. The van der Waals surface area contributed by atoms with Gasteiger partial charge in [0, 0.05) is 11.5 Å². The Morgan fingerprint density at radius 2 is 1.92 bits per heavy atom. The van der Waals surface area contributed by atoms with Gasteiger partial charge in [0.2, 0.25) is 5.78 Å². The summed E-state index contributed by atoms with van der Waals surface area (Å²) in [5.74, 6) is -1.39. The maximum atomic E-state index is 12.9. The van der Waals surface area contributed by atoms with Gasteiger partial charge < -0.3 is 19.8 Å². The molecular weight excluding hydrogens is 525 g/mol. The molecule has 3 aromatic rings. The molecule has 3 N–H and O–H groups in total. The molecule has 1 unspecified atom stereocenters. The molecule has 2 atom stereocenters. The lowest BCUT2D eigenvalue weighted by Crippen LogP contribution is -2.46. The molecule has 0 aliphatic heterocycles. The third-order valence-electron chi connectivity index (χ3n) is 5.15. The van der Waals surface area contributed by atoms with Crippen molar-refractivity contribution in [2.75, 3.05) is 5.32 Å². The van der Waals surface area contributed by atoms with Crippen LogP contribution in [0.1, 0.15) is 59.0 Å². The molecule has 0 saturated carbocycles. The van der Waals surface area contributed by atoms with Crippen LogP contribution in [-0.4, -0.2) is 49.2 Å². The molecule has 0 aromatic carbocycles. The highest BCUT2D eigenvalue weighted by atomic mass is 35.5. The summed E-state index contributed by atoms with van der Waals surface area (Å²) in [7, 11) is 0. The number of aromatic nitrogens is 5. The number of carbonyl (C=O) groups excluding carboxylic acids is 3. The van der Waals surface area contributed by atoms with Gasteiger partial charge in [-0.1, -0.05) is 63.7 Å². The lowest BCUT2D eigenvalue weighted by Gasteiger charge is -2.28. The van der Waals surface area contributed by atoms with Gasteiger partial charge in [-0.05, 0) is 18.6 Å². The van der Waals surface area contributed by atoms with Gasteiger partial charge in [-0.3, -0.25) is 14.7 Å². The van der Waals surface area contributed by atoms with Crippen molar-refractivity contribution < 1.29 is 23.5 Å². The third kappa shape index (κ3) is 7.49. The van der Waals surface area contributed by atoms with Gasteiger partial charge in [-0.2, -0.15) is 5.10 Å². The Hall–Kier alpha value is -3.51. The molecular formula is C23H27Cl2N7O5. The van der Waals surface area contributed by atoms with Crippen molar-refractivity contribution >= 4 is 46.8 Å². The van der Waals surface area contributed by atoms with Crippen LogP contribution < -0.4 is 10.6 Å². The molecule has 14 heteroatoms. The average Bonchev–Trinajstić information content (AvgIpc) is 3.51. The zero-order chi connectivity index (χ0) is 27.2. The van der Waals surface area contributed by atoms with Gasteiger partial charge >= 0.3 is 6.09 Å². The van der Waals surface area contributed by atoms with E-state index in [9.17, 15) is 14.4 Å². The monoisotopic (exact) mass is 551 g/mol. The van der Waals surface area contributed by atoms with E-state index in [-0.39, 0.29) is 34.3 Å². The Morgan fingerprint density at radius 3 is 2.54 bits per heavy atom. The molecule has 0 radical (unpaired) electrons. The first-order valence-corrected chi connectivity index (χ1v) is 12.2. The smallest absolute Gasteiger partial charge is 0.408 e. The Bertz CT molecular complexity index is 1240. The number of ether oxygens (including phenoxy) is 1. The number of ketones is 1. The first kappa shape index (κ1) is 28.1. The van der Waals surface area contributed by atoms with Crippen molar-refractivity contribution in [3.05, 3.63) is 40.6 Å². The van der Waals surface area contributed by atoms with Crippen molar-refractivity contribution in [2.24, 2.45) is 5.41 Å². The number of rotatable bonds is 10. The van der Waals surface area contributed by atoms with E-state index in [1.807, 2.05) is 27.7 Å². The topological polar surface area (TPSA) is 165 Å². The summed E-state index contributed by atoms with van der Waals surface area (Å²) in [6.07, 6.45) is 1.10. The number of carbonyl (C=O) groups is 3. The molecule has 12 nitrogen and oxygen atoms in total. The normalized spacial score (nSPS) is 13.0. The molecule has 3 aromatic heterocycles. The lowest BCUT2D eigenvalue weighted by molar-refractivity contribution is -0.136. The summed E-state index contributed by atoms with van der Waals surface area (Å²) in [6.45, 7) is 7.35. The molecule has 0 aliphatic carbocycles. The standard InChI is InChI=1S/C23H27Cl2N7O5/c1-5-6-7-13(16(33)19(34)29-15-10-11-26-30-15)27-22(35)36-17(23(2,3)4)21-32-31-20(37-21)12-8-9-14(24)28-18(12)25/h8-11,13,17H,5-7H2,1-4H3,(H,27,35)(H2,26,29,30,34)/t13-,17?/m1/s1. The summed E-state index contributed by atoms with van der Waals surface area (Å²) in [5, 5.41) is 19.5. The van der Waals surface area contributed by atoms with Gasteiger partial charge in [0.1, 0.15) is 22.2 Å². The zero-order valence-corrected chi connectivity index (χ0v) is 22.2. The fourth-order valence-corrected chi connectivity index (χ4v) is 3.67. The summed E-state index contributed by atoms with van der Waals surface area (Å²) < 4.78 is 11.4. The molecule has 37 heavy (non-hydrogen) atoms. The SMILES string of the molecule is CCCC[C@@H](NC(=O)OC(c1nnc(-c2ccc(Cl)nc2Cl)o1)C(C)(C)C)C(=O)C(=O)Nc1ccn[nH]1. The largest absolute Gasteiger partial charge is 0.436 e. The number of pyridine rings is 1. The minimum Gasteiger partial charge on any atom is -0.436 e.